The van der Waals surface area contributed by atoms with Gasteiger partial charge in [-0.2, -0.15) is 0 Å². The van der Waals surface area contributed by atoms with E-state index < -0.39 is 11.6 Å². The van der Waals surface area contributed by atoms with E-state index in [9.17, 15) is 8.78 Å². The van der Waals surface area contributed by atoms with Crippen LogP contribution in [0.4, 0.5) is 14.5 Å². The summed E-state index contributed by atoms with van der Waals surface area (Å²) in [5.41, 5.74) is 2.56. The van der Waals surface area contributed by atoms with Gasteiger partial charge < -0.3 is 5.32 Å². The molecule has 0 heterocycles. The molecule has 1 aromatic rings. The molecule has 0 atom stereocenters. The lowest BCUT2D eigenvalue weighted by Crippen LogP contribution is -2.37. The highest BCUT2D eigenvalue weighted by Gasteiger charge is 2.03. The van der Waals surface area contributed by atoms with E-state index in [1.807, 2.05) is 13.8 Å². The van der Waals surface area contributed by atoms with Crippen molar-refractivity contribution in [2.45, 2.75) is 19.9 Å². The van der Waals surface area contributed by atoms with Crippen LogP contribution in [0, 0.1) is 11.6 Å². The maximum absolute atomic E-state index is 12.9. The van der Waals surface area contributed by atoms with Gasteiger partial charge in [-0.3, -0.25) is 5.43 Å². The van der Waals surface area contributed by atoms with Crippen LogP contribution in [-0.4, -0.2) is 12.0 Å². The molecule has 0 fully saturated rings. The average Bonchev–Trinajstić information content (AvgIpc) is 2.14. The lowest BCUT2D eigenvalue weighted by atomic mass is 10.3. The maximum atomic E-state index is 12.9. The Bertz CT molecular complexity index is 370. The van der Waals surface area contributed by atoms with Crippen LogP contribution in [0.5, 0.6) is 0 Å². The van der Waals surface area contributed by atoms with Crippen molar-refractivity contribution < 1.29 is 8.78 Å². The molecule has 0 aromatic heterocycles. The number of halogens is 2. The fourth-order valence-corrected chi connectivity index (χ4v) is 1.13. The predicted molar refractivity (Wildman–Crippen MR) is 59.9 cm³/mol. The Kier molecular flexibility index (Phi) is 4.19. The van der Waals surface area contributed by atoms with E-state index in [2.05, 4.69) is 15.7 Å². The molecule has 0 saturated heterocycles. The number of hydrogen-bond donors (Lipinski definition) is 3. The number of aliphatic imine (C=N–C) groups is 1. The monoisotopic (exact) mass is 228 g/mol. The largest absolute Gasteiger partial charge is 0.325 e. The molecule has 6 heteroatoms. The topological polar surface area (TPSA) is 62.4 Å². The van der Waals surface area contributed by atoms with Crippen LogP contribution < -0.4 is 16.6 Å². The van der Waals surface area contributed by atoms with Crippen LogP contribution in [-0.2, 0) is 0 Å². The zero-order valence-electron chi connectivity index (χ0n) is 9.09. The highest BCUT2D eigenvalue weighted by Crippen LogP contribution is 2.12. The molecule has 4 nitrogen and oxygen atoms in total. The first-order chi connectivity index (χ1) is 7.51. The Morgan fingerprint density at radius 1 is 1.25 bits per heavy atom. The zero-order valence-corrected chi connectivity index (χ0v) is 9.09. The molecule has 0 aliphatic heterocycles. The number of nitrogens with two attached hydrogens (primary N) is 1. The summed E-state index contributed by atoms with van der Waals surface area (Å²) in [5, 5.41) is 2.68. The Hall–Kier alpha value is -1.69. The van der Waals surface area contributed by atoms with Crippen LogP contribution in [0.15, 0.2) is 23.2 Å². The quantitative estimate of drug-likeness (QED) is 0.312. The molecule has 0 saturated carbocycles. The SMILES string of the molecule is CC(C)N=C(NN)Nc1cc(F)cc(F)c1. The number of anilines is 1. The molecule has 4 N–H and O–H groups in total. The van der Waals surface area contributed by atoms with Crippen molar-refractivity contribution in [1.82, 2.24) is 5.43 Å². The maximum Gasteiger partial charge on any atom is 0.210 e. The van der Waals surface area contributed by atoms with Gasteiger partial charge in [0.25, 0.3) is 0 Å². The second-order valence-electron chi connectivity index (χ2n) is 3.50. The number of guanidine groups is 1. The van der Waals surface area contributed by atoms with E-state index in [0.29, 0.717) is 0 Å². The molecule has 0 spiro atoms. The Morgan fingerprint density at radius 2 is 1.81 bits per heavy atom. The smallest absolute Gasteiger partial charge is 0.210 e. The van der Waals surface area contributed by atoms with Crippen molar-refractivity contribution in [3.63, 3.8) is 0 Å². The number of benzene rings is 1. The van der Waals surface area contributed by atoms with Crippen molar-refractivity contribution in [2.75, 3.05) is 5.32 Å². The van der Waals surface area contributed by atoms with Gasteiger partial charge in [0.15, 0.2) is 0 Å². The summed E-state index contributed by atoms with van der Waals surface area (Å²) >= 11 is 0. The highest BCUT2D eigenvalue weighted by molar-refractivity contribution is 5.93. The van der Waals surface area contributed by atoms with Gasteiger partial charge >= 0.3 is 0 Å². The Labute approximate surface area is 92.5 Å². The number of nitrogens with one attached hydrogen (secondary N) is 2. The molecule has 0 unspecified atom stereocenters. The summed E-state index contributed by atoms with van der Waals surface area (Å²) in [7, 11) is 0. The minimum absolute atomic E-state index is 0.0111. The van der Waals surface area contributed by atoms with Gasteiger partial charge in [0.2, 0.25) is 5.96 Å². The second kappa shape index (κ2) is 5.41. The molecule has 1 aromatic carbocycles. The molecular formula is C10H14F2N4. The lowest BCUT2D eigenvalue weighted by molar-refractivity contribution is 0.584. The summed E-state index contributed by atoms with van der Waals surface area (Å²) in [6.45, 7) is 3.70. The molecule has 16 heavy (non-hydrogen) atoms. The van der Waals surface area contributed by atoms with E-state index in [0.717, 1.165) is 18.2 Å². The number of hydrogen-bond acceptors (Lipinski definition) is 2. The van der Waals surface area contributed by atoms with Crippen LogP contribution in [0.3, 0.4) is 0 Å². The third-order valence-electron chi connectivity index (χ3n) is 1.65. The van der Waals surface area contributed by atoms with Crippen LogP contribution in [0.1, 0.15) is 13.8 Å². The summed E-state index contributed by atoms with van der Waals surface area (Å²) in [6, 6.07) is 3.10. The van der Waals surface area contributed by atoms with Crippen molar-refractivity contribution in [2.24, 2.45) is 10.8 Å². The summed E-state index contributed by atoms with van der Waals surface area (Å²) in [4.78, 5) is 4.07. The van der Waals surface area contributed by atoms with Crippen molar-refractivity contribution >= 4 is 11.6 Å². The molecule has 1 rings (SSSR count). The fraction of sp³-hybridized carbons (Fsp3) is 0.300. The molecule has 88 valence electrons. The minimum atomic E-state index is -0.664. The average molecular weight is 228 g/mol. The lowest BCUT2D eigenvalue weighted by Gasteiger charge is -2.10. The molecule has 0 amide bonds. The highest BCUT2D eigenvalue weighted by atomic mass is 19.1. The van der Waals surface area contributed by atoms with Gasteiger partial charge in [-0.25, -0.2) is 19.6 Å². The number of hydrazine groups is 1. The van der Waals surface area contributed by atoms with Crippen molar-refractivity contribution in [3.05, 3.63) is 29.8 Å². The fourth-order valence-electron chi connectivity index (χ4n) is 1.13. The van der Waals surface area contributed by atoms with E-state index in [4.69, 9.17) is 5.84 Å². The molecular weight excluding hydrogens is 214 g/mol. The van der Waals surface area contributed by atoms with E-state index >= 15 is 0 Å². The second-order valence-corrected chi connectivity index (χ2v) is 3.50. The number of rotatable bonds is 2. The van der Waals surface area contributed by atoms with Gasteiger partial charge in [0.1, 0.15) is 11.6 Å². The van der Waals surface area contributed by atoms with E-state index in [1.54, 1.807) is 0 Å². The van der Waals surface area contributed by atoms with Gasteiger partial charge in [0.05, 0.1) is 0 Å². The first-order valence-electron chi connectivity index (χ1n) is 4.79. The molecule has 0 aliphatic rings. The first kappa shape index (κ1) is 12.4. The van der Waals surface area contributed by atoms with Gasteiger partial charge in [-0.1, -0.05) is 0 Å². The van der Waals surface area contributed by atoms with Gasteiger partial charge in [0, 0.05) is 17.8 Å². The van der Waals surface area contributed by atoms with E-state index in [-0.39, 0.29) is 17.7 Å². The van der Waals surface area contributed by atoms with Gasteiger partial charge in [-0.15, -0.1) is 0 Å². The zero-order chi connectivity index (χ0) is 12.1. The minimum Gasteiger partial charge on any atom is -0.325 e. The normalized spacial score (nSPS) is 11.8. The summed E-state index contributed by atoms with van der Waals surface area (Å²) < 4.78 is 25.7. The van der Waals surface area contributed by atoms with Crippen molar-refractivity contribution in [3.8, 4) is 0 Å². The van der Waals surface area contributed by atoms with E-state index in [1.165, 1.54) is 0 Å². The number of nitrogens with zero attached hydrogens (tertiary/aromatic N) is 1. The van der Waals surface area contributed by atoms with Crippen LogP contribution in [0.25, 0.3) is 0 Å². The van der Waals surface area contributed by atoms with Crippen molar-refractivity contribution in [1.29, 1.82) is 0 Å². The van der Waals surface area contributed by atoms with Crippen LogP contribution in [0.2, 0.25) is 0 Å². The van der Waals surface area contributed by atoms with Gasteiger partial charge in [-0.05, 0) is 26.0 Å². The predicted octanol–water partition coefficient (Wildman–Crippen LogP) is 1.60. The third kappa shape index (κ3) is 3.82. The van der Waals surface area contributed by atoms with Crippen LogP contribution >= 0.6 is 0 Å². The first-order valence-corrected chi connectivity index (χ1v) is 4.79. The summed E-state index contributed by atoms with van der Waals surface area (Å²) in [5.74, 6) is 4.14. The Balaban J connectivity index is 2.86. The molecule has 0 radical (unpaired) electrons. The summed E-state index contributed by atoms with van der Waals surface area (Å²) in [6.07, 6.45) is 0. The standard InChI is InChI=1S/C10H14F2N4/c1-6(2)14-10(16-13)15-9-4-7(11)3-8(12)5-9/h3-6H,13H2,1-2H3,(H2,14,15,16). The Morgan fingerprint density at radius 3 is 2.25 bits per heavy atom. The molecule has 0 aliphatic carbocycles. The molecule has 0 bridgehead atoms. The third-order valence-corrected chi connectivity index (χ3v) is 1.65.